The van der Waals surface area contributed by atoms with E-state index in [9.17, 15) is 14.9 Å². The van der Waals surface area contributed by atoms with E-state index in [4.69, 9.17) is 0 Å². The monoisotopic (exact) mass is 284 g/mol. The molecule has 0 unspecified atom stereocenters. The van der Waals surface area contributed by atoms with E-state index in [1.54, 1.807) is 36.4 Å². The van der Waals surface area contributed by atoms with Crippen molar-refractivity contribution < 1.29 is 4.92 Å². The van der Waals surface area contributed by atoms with E-state index in [1.807, 2.05) is 6.07 Å². The van der Waals surface area contributed by atoms with Crippen molar-refractivity contribution in [3.05, 3.63) is 68.9 Å². The number of hydrogen-bond donors (Lipinski definition) is 0. The third-order valence-electron chi connectivity index (χ3n) is 2.94. The largest absolute Gasteiger partial charge is 0.287 e. The molecule has 0 bridgehead atoms. The van der Waals surface area contributed by atoms with Gasteiger partial charge < -0.3 is 0 Å². The average molecular weight is 284 g/mol. The molecule has 0 saturated carbocycles. The third-order valence-corrected chi connectivity index (χ3v) is 3.76. The molecule has 20 heavy (non-hydrogen) atoms. The van der Waals surface area contributed by atoms with Gasteiger partial charge in [0.2, 0.25) is 5.43 Å². The summed E-state index contributed by atoms with van der Waals surface area (Å²) in [5.41, 5.74) is -0.0151. The van der Waals surface area contributed by atoms with Crippen LogP contribution < -0.4 is 5.43 Å². The zero-order valence-corrected chi connectivity index (χ0v) is 11.0. The highest BCUT2D eigenvalue weighted by Crippen LogP contribution is 2.27. The fraction of sp³-hybridized carbons (Fsp3) is 0. The minimum Gasteiger partial charge on any atom is -0.287 e. The molecule has 0 spiro atoms. The predicted octanol–water partition coefficient (Wildman–Crippen LogP) is 3.23. The fourth-order valence-electron chi connectivity index (χ4n) is 2.00. The maximum Gasteiger partial charge on any atom is 0.278 e. The molecular formula is C14H8N2O3S. The van der Waals surface area contributed by atoms with Crippen molar-refractivity contribution >= 4 is 27.3 Å². The van der Waals surface area contributed by atoms with Gasteiger partial charge in [0.15, 0.2) is 0 Å². The van der Waals surface area contributed by atoms with Crippen LogP contribution in [0.5, 0.6) is 0 Å². The number of hydrogen-bond acceptors (Lipinski definition) is 5. The minimum absolute atomic E-state index is 0.111. The third kappa shape index (κ3) is 1.96. The van der Waals surface area contributed by atoms with Crippen LogP contribution in [0.1, 0.15) is 0 Å². The van der Waals surface area contributed by atoms with Gasteiger partial charge in [-0.2, -0.15) is 4.37 Å². The Balaban J connectivity index is 2.34. The number of rotatable bonds is 2. The lowest BCUT2D eigenvalue weighted by atomic mass is 10.1. The lowest BCUT2D eigenvalue weighted by Crippen LogP contribution is -2.07. The molecule has 0 atom stereocenters. The Hall–Kier alpha value is -2.60. The fourth-order valence-corrected chi connectivity index (χ4v) is 2.77. The molecule has 0 aliphatic heterocycles. The summed E-state index contributed by atoms with van der Waals surface area (Å²) in [6.45, 7) is 0. The van der Waals surface area contributed by atoms with Gasteiger partial charge in [0, 0.05) is 11.5 Å². The Labute approximate surface area is 117 Å². The SMILES string of the molecule is O=c1c(-c2ccccc2[N+](=O)[O-])nsc2ccccc12. The topological polar surface area (TPSA) is 73.1 Å². The smallest absolute Gasteiger partial charge is 0.278 e. The molecule has 2 aromatic carbocycles. The number of para-hydroxylation sites is 1. The normalized spacial score (nSPS) is 10.6. The number of nitro groups is 1. The quantitative estimate of drug-likeness (QED) is 0.535. The Kier molecular flexibility index (Phi) is 3.00. The standard InChI is InChI=1S/C14H8N2O3S/c17-14-10-6-2-4-8-12(10)20-15-13(14)9-5-1-3-7-11(9)16(18)19/h1-8H. The highest BCUT2D eigenvalue weighted by molar-refractivity contribution is 7.13. The second kappa shape index (κ2) is 4.82. The lowest BCUT2D eigenvalue weighted by Gasteiger charge is -2.02. The van der Waals surface area contributed by atoms with Crippen LogP contribution in [0.25, 0.3) is 21.3 Å². The first kappa shape index (κ1) is 12.4. The summed E-state index contributed by atoms with van der Waals surface area (Å²) in [4.78, 5) is 23.0. The van der Waals surface area contributed by atoms with Crippen LogP contribution in [0.15, 0.2) is 53.3 Å². The van der Waals surface area contributed by atoms with Crippen molar-refractivity contribution in [2.75, 3.05) is 0 Å². The maximum atomic E-state index is 12.4. The summed E-state index contributed by atoms with van der Waals surface area (Å²) in [7, 11) is 0. The van der Waals surface area contributed by atoms with Crippen LogP contribution in [-0.2, 0) is 0 Å². The molecule has 0 amide bonds. The molecule has 1 aromatic heterocycles. The zero-order valence-electron chi connectivity index (χ0n) is 10.1. The Morgan fingerprint density at radius 3 is 2.55 bits per heavy atom. The van der Waals surface area contributed by atoms with Gasteiger partial charge in [-0.15, -0.1) is 0 Å². The second-order valence-corrected chi connectivity index (χ2v) is 4.94. The van der Waals surface area contributed by atoms with Crippen LogP contribution in [-0.4, -0.2) is 9.30 Å². The number of nitrogens with zero attached hydrogens (tertiary/aromatic N) is 2. The van der Waals surface area contributed by atoms with Gasteiger partial charge in [-0.3, -0.25) is 14.9 Å². The van der Waals surface area contributed by atoms with E-state index >= 15 is 0 Å². The molecule has 0 fully saturated rings. The summed E-state index contributed by atoms with van der Waals surface area (Å²) in [5, 5.41) is 11.6. The van der Waals surface area contributed by atoms with Crippen LogP contribution in [0, 0.1) is 10.1 Å². The Morgan fingerprint density at radius 2 is 1.75 bits per heavy atom. The van der Waals surface area contributed by atoms with Crippen molar-refractivity contribution in [1.82, 2.24) is 4.37 Å². The Bertz CT molecular complexity index is 873. The minimum atomic E-state index is -0.504. The first-order valence-corrected chi connectivity index (χ1v) is 6.58. The first-order valence-electron chi connectivity index (χ1n) is 5.81. The van der Waals surface area contributed by atoms with Gasteiger partial charge in [-0.25, -0.2) is 0 Å². The first-order chi connectivity index (χ1) is 9.68. The lowest BCUT2D eigenvalue weighted by molar-refractivity contribution is -0.384. The zero-order chi connectivity index (χ0) is 14.1. The molecular weight excluding hydrogens is 276 g/mol. The summed E-state index contributed by atoms with van der Waals surface area (Å²) < 4.78 is 4.91. The average Bonchev–Trinajstić information content (AvgIpc) is 2.48. The summed E-state index contributed by atoms with van der Waals surface area (Å²) >= 11 is 1.16. The maximum absolute atomic E-state index is 12.4. The van der Waals surface area contributed by atoms with Gasteiger partial charge in [-0.05, 0) is 29.7 Å². The van der Waals surface area contributed by atoms with E-state index in [2.05, 4.69) is 4.37 Å². The van der Waals surface area contributed by atoms with Crippen LogP contribution in [0.3, 0.4) is 0 Å². The van der Waals surface area contributed by atoms with Crippen molar-refractivity contribution in [1.29, 1.82) is 0 Å². The van der Waals surface area contributed by atoms with E-state index in [1.165, 1.54) is 6.07 Å². The molecule has 0 aliphatic carbocycles. The van der Waals surface area contributed by atoms with E-state index in [0.29, 0.717) is 5.39 Å². The molecule has 3 rings (SSSR count). The van der Waals surface area contributed by atoms with Crippen molar-refractivity contribution in [3.63, 3.8) is 0 Å². The Morgan fingerprint density at radius 1 is 1.05 bits per heavy atom. The molecule has 0 radical (unpaired) electrons. The van der Waals surface area contributed by atoms with Gasteiger partial charge >= 0.3 is 0 Å². The van der Waals surface area contributed by atoms with Gasteiger partial charge in [-0.1, -0.05) is 24.3 Å². The number of nitro benzene ring substituents is 1. The number of fused-ring (bicyclic) bond motifs is 1. The second-order valence-electron chi connectivity index (χ2n) is 4.13. The van der Waals surface area contributed by atoms with Gasteiger partial charge in [0.05, 0.1) is 15.2 Å². The molecule has 1 heterocycles. The molecule has 0 saturated heterocycles. The number of benzene rings is 2. The molecule has 5 nitrogen and oxygen atoms in total. The van der Waals surface area contributed by atoms with Crippen LogP contribution in [0.4, 0.5) is 5.69 Å². The molecule has 3 aromatic rings. The van der Waals surface area contributed by atoms with E-state index in [0.717, 1.165) is 16.2 Å². The van der Waals surface area contributed by atoms with Crippen LogP contribution in [0.2, 0.25) is 0 Å². The number of aromatic nitrogens is 1. The summed E-state index contributed by atoms with van der Waals surface area (Å²) in [6.07, 6.45) is 0. The summed E-state index contributed by atoms with van der Waals surface area (Å²) in [5.74, 6) is 0. The van der Waals surface area contributed by atoms with Crippen LogP contribution >= 0.6 is 11.5 Å². The highest BCUT2D eigenvalue weighted by Gasteiger charge is 2.19. The molecule has 98 valence electrons. The summed E-state index contributed by atoms with van der Waals surface area (Å²) in [6, 6.07) is 13.2. The van der Waals surface area contributed by atoms with Crippen molar-refractivity contribution in [2.24, 2.45) is 0 Å². The van der Waals surface area contributed by atoms with Gasteiger partial charge in [0.25, 0.3) is 5.69 Å². The highest BCUT2D eigenvalue weighted by atomic mass is 32.1. The molecule has 0 aliphatic rings. The van der Waals surface area contributed by atoms with Crippen molar-refractivity contribution in [3.8, 4) is 11.3 Å². The van der Waals surface area contributed by atoms with E-state index < -0.39 is 4.92 Å². The predicted molar refractivity (Wildman–Crippen MR) is 78.0 cm³/mol. The van der Waals surface area contributed by atoms with Crippen molar-refractivity contribution in [2.45, 2.75) is 0 Å². The molecule has 6 heteroatoms. The van der Waals surface area contributed by atoms with Gasteiger partial charge in [0.1, 0.15) is 5.69 Å². The van der Waals surface area contributed by atoms with E-state index in [-0.39, 0.29) is 22.4 Å². The molecule has 0 N–H and O–H groups in total.